The van der Waals surface area contributed by atoms with Gasteiger partial charge in [0.1, 0.15) is 11.2 Å². The summed E-state index contributed by atoms with van der Waals surface area (Å²) in [5, 5.41) is 9.19. The highest BCUT2D eigenvalue weighted by Gasteiger charge is 2.31. The lowest BCUT2D eigenvalue weighted by atomic mass is 9.85. The fourth-order valence-electron chi connectivity index (χ4n) is 2.82. The molecular weight excluding hydrogens is 330 g/mol. The number of hydrogen-bond donors (Lipinski definition) is 2. The maximum atomic E-state index is 12.3. The Kier molecular flexibility index (Phi) is 5.46. The van der Waals surface area contributed by atoms with E-state index in [1.54, 1.807) is 0 Å². The van der Waals surface area contributed by atoms with Gasteiger partial charge in [0.15, 0.2) is 0 Å². The van der Waals surface area contributed by atoms with E-state index in [-0.39, 0.29) is 16.2 Å². The van der Waals surface area contributed by atoms with Gasteiger partial charge in [-0.1, -0.05) is 43.7 Å². The second-order valence-corrected chi connectivity index (χ2v) is 7.67. The van der Waals surface area contributed by atoms with E-state index in [9.17, 15) is 18.3 Å². The lowest BCUT2D eigenvalue weighted by Crippen LogP contribution is -2.42. The van der Waals surface area contributed by atoms with Crippen LogP contribution in [0, 0.1) is 5.92 Å². The van der Waals surface area contributed by atoms with Crippen LogP contribution < -0.4 is 4.72 Å². The normalized spacial score (nSPS) is 18.3. The Morgan fingerprint density at radius 2 is 2.14 bits per heavy atom. The molecule has 0 aromatic carbocycles. The number of rotatable bonds is 6. The van der Waals surface area contributed by atoms with Crippen LogP contribution in [0.15, 0.2) is 11.4 Å². The monoisotopic (exact) mass is 349 g/mol. The number of carboxylic acid groups (broad SMARTS) is 1. The summed E-state index contributed by atoms with van der Waals surface area (Å²) in [7, 11) is -2.57. The molecule has 1 aromatic heterocycles. The van der Waals surface area contributed by atoms with E-state index in [1.165, 1.54) is 17.8 Å². The summed E-state index contributed by atoms with van der Waals surface area (Å²) in [6.45, 7) is 0. The molecule has 2 N–H and O–H groups in total. The number of nitrogens with one attached hydrogen (secondary N) is 1. The fraction of sp³-hybridized carbons (Fsp3) is 0.692. The van der Waals surface area contributed by atoms with E-state index < -0.39 is 22.0 Å². The lowest BCUT2D eigenvalue weighted by Gasteiger charge is -2.24. The second kappa shape index (κ2) is 6.97. The van der Waals surface area contributed by atoms with Crippen molar-refractivity contribution in [1.29, 1.82) is 0 Å². The number of carboxylic acids is 1. The van der Waals surface area contributed by atoms with Crippen molar-refractivity contribution in [3.8, 4) is 0 Å². The summed E-state index contributed by atoms with van der Waals surface area (Å²) in [4.78, 5) is 15.1. The molecule has 0 radical (unpaired) electrons. The highest BCUT2D eigenvalue weighted by molar-refractivity contribution is 7.89. The molecule has 1 heterocycles. The highest BCUT2D eigenvalue weighted by Crippen LogP contribution is 2.27. The zero-order valence-corrected chi connectivity index (χ0v) is 13.9. The van der Waals surface area contributed by atoms with E-state index in [0.29, 0.717) is 6.42 Å². The Hall–Kier alpha value is -1.12. The zero-order chi connectivity index (χ0) is 16.3. The number of halogens is 1. The van der Waals surface area contributed by atoms with E-state index in [1.807, 2.05) is 0 Å². The van der Waals surface area contributed by atoms with Crippen LogP contribution in [0.2, 0.25) is 5.15 Å². The lowest BCUT2D eigenvalue weighted by molar-refractivity contribution is -0.139. The van der Waals surface area contributed by atoms with Gasteiger partial charge < -0.3 is 9.67 Å². The predicted octanol–water partition coefficient (Wildman–Crippen LogP) is 1.78. The number of hydrogen-bond acceptors (Lipinski definition) is 4. The van der Waals surface area contributed by atoms with E-state index in [4.69, 9.17) is 11.6 Å². The van der Waals surface area contributed by atoms with Gasteiger partial charge in [-0.2, -0.15) is 4.72 Å². The first kappa shape index (κ1) is 17.2. The Bertz CT molecular complexity index is 638. The van der Waals surface area contributed by atoms with Crippen molar-refractivity contribution < 1.29 is 18.3 Å². The molecule has 2 rings (SSSR count). The van der Waals surface area contributed by atoms with Gasteiger partial charge in [-0.15, -0.1) is 0 Å². The fourth-order valence-corrected chi connectivity index (χ4v) is 4.32. The van der Waals surface area contributed by atoms with E-state index >= 15 is 0 Å². The maximum Gasteiger partial charge on any atom is 0.321 e. The van der Waals surface area contributed by atoms with Crippen molar-refractivity contribution in [2.75, 3.05) is 0 Å². The van der Waals surface area contributed by atoms with Crippen LogP contribution in [-0.4, -0.2) is 35.1 Å². The smallest absolute Gasteiger partial charge is 0.321 e. The number of aromatic nitrogens is 2. The first-order valence-corrected chi connectivity index (χ1v) is 9.09. The Balaban J connectivity index is 2.12. The van der Waals surface area contributed by atoms with Gasteiger partial charge in [0.25, 0.3) is 10.0 Å². The molecule has 1 fully saturated rings. The third kappa shape index (κ3) is 3.99. The third-order valence-electron chi connectivity index (χ3n) is 4.02. The summed E-state index contributed by atoms with van der Waals surface area (Å²) >= 11 is 5.78. The summed E-state index contributed by atoms with van der Waals surface area (Å²) in [5.41, 5.74) is 0. The van der Waals surface area contributed by atoms with Gasteiger partial charge in [0.05, 0.1) is 6.20 Å². The minimum absolute atomic E-state index is 0.166. The molecule has 22 heavy (non-hydrogen) atoms. The maximum absolute atomic E-state index is 12.3. The molecule has 0 bridgehead atoms. The van der Waals surface area contributed by atoms with Crippen LogP contribution in [0.3, 0.4) is 0 Å². The van der Waals surface area contributed by atoms with Gasteiger partial charge in [0, 0.05) is 7.05 Å². The number of carbonyl (C=O) groups is 1. The summed E-state index contributed by atoms with van der Waals surface area (Å²) in [5.74, 6) is -0.933. The Labute approximate surface area is 134 Å². The number of sulfonamides is 1. The predicted molar refractivity (Wildman–Crippen MR) is 81.2 cm³/mol. The van der Waals surface area contributed by atoms with Crippen LogP contribution in [-0.2, 0) is 21.9 Å². The Morgan fingerprint density at radius 1 is 1.50 bits per heavy atom. The molecule has 1 aliphatic rings. The number of nitrogens with zero attached hydrogens (tertiary/aromatic N) is 2. The minimum Gasteiger partial charge on any atom is -0.480 e. The Morgan fingerprint density at radius 3 is 2.64 bits per heavy atom. The van der Waals surface area contributed by atoms with E-state index in [0.717, 1.165) is 32.1 Å². The van der Waals surface area contributed by atoms with Crippen LogP contribution >= 0.6 is 11.6 Å². The first-order valence-electron chi connectivity index (χ1n) is 7.23. The molecule has 9 heteroatoms. The van der Waals surface area contributed by atoms with Crippen molar-refractivity contribution in [3.63, 3.8) is 0 Å². The van der Waals surface area contributed by atoms with Gasteiger partial charge in [-0.05, 0) is 12.3 Å². The van der Waals surface area contributed by atoms with Crippen molar-refractivity contribution in [2.45, 2.75) is 49.7 Å². The number of imidazole rings is 1. The van der Waals surface area contributed by atoms with Gasteiger partial charge in [0.2, 0.25) is 5.16 Å². The molecule has 1 atom stereocenters. The van der Waals surface area contributed by atoms with Gasteiger partial charge in [-0.3, -0.25) is 4.79 Å². The first-order chi connectivity index (χ1) is 10.3. The average molecular weight is 350 g/mol. The molecular formula is C13H20ClN3O4S. The molecule has 0 aliphatic heterocycles. The average Bonchev–Trinajstić information content (AvgIpc) is 2.80. The van der Waals surface area contributed by atoms with Gasteiger partial charge >= 0.3 is 5.97 Å². The molecule has 1 aliphatic carbocycles. The van der Waals surface area contributed by atoms with Crippen LogP contribution in [0.4, 0.5) is 0 Å². The summed E-state index contributed by atoms with van der Waals surface area (Å²) < 4.78 is 28.1. The van der Waals surface area contributed by atoms with E-state index in [2.05, 4.69) is 9.71 Å². The molecule has 0 amide bonds. The molecule has 0 spiro atoms. The topological polar surface area (TPSA) is 101 Å². The highest BCUT2D eigenvalue weighted by atomic mass is 35.5. The molecule has 0 saturated heterocycles. The standard InChI is InChI=1S/C13H20ClN3O4S/c1-17-11(14)8-15-13(17)22(20,21)16-10(12(18)19)7-9-5-3-2-4-6-9/h8-10,16H,2-7H2,1H3,(H,18,19)/t10-/m0/s1. The quantitative estimate of drug-likeness (QED) is 0.815. The molecule has 0 unspecified atom stereocenters. The third-order valence-corrected chi connectivity index (χ3v) is 5.82. The van der Waals surface area contributed by atoms with Crippen molar-refractivity contribution in [2.24, 2.45) is 13.0 Å². The molecule has 1 aromatic rings. The summed E-state index contributed by atoms with van der Waals surface area (Å²) in [6, 6.07) is -1.15. The molecule has 1 saturated carbocycles. The van der Waals surface area contributed by atoms with Crippen LogP contribution in [0.1, 0.15) is 38.5 Å². The van der Waals surface area contributed by atoms with Crippen molar-refractivity contribution in [1.82, 2.24) is 14.3 Å². The number of aliphatic carboxylic acids is 1. The van der Waals surface area contributed by atoms with Gasteiger partial charge in [-0.25, -0.2) is 13.4 Å². The van der Waals surface area contributed by atoms with Crippen LogP contribution in [0.25, 0.3) is 0 Å². The molecule has 7 nitrogen and oxygen atoms in total. The zero-order valence-electron chi connectivity index (χ0n) is 12.3. The second-order valence-electron chi connectivity index (χ2n) is 5.67. The minimum atomic E-state index is -4.03. The summed E-state index contributed by atoms with van der Waals surface area (Å²) in [6.07, 6.45) is 6.70. The van der Waals surface area contributed by atoms with Crippen molar-refractivity contribution in [3.05, 3.63) is 11.3 Å². The SMILES string of the molecule is Cn1c(Cl)cnc1S(=O)(=O)N[C@@H](CC1CCCCC1)C(=O)O. The van der Waals surface area contributed by atoms with Crippen molar-refractivity contribution >= 4 is 27.6 Å². The largest absolute Gasteiger partial charge is 0.480 e. The van der Waals surface area contributed by atoms with Crippen LogP contribution in [0.5, 0.6) is 0 Å². The molecule has 124 valence electrons.